The van der Waals surface area contributed by atoms with Crippen LogP contribution in [0.2, 0.25) is 0 Å². The van der Waals surface area contributed by atoms with Gasteiger partial charge in [0.1, 0.15) is 5.82 Å². The van der Waals surface area contributed by atoms with Crippen molar-refractivity contribution in [3.8, 4) is 10.7 Å². The van der Waals surface area contributed by atoms with Gasteiger partial charge in [-0.05, 0) is 11.4 Å². The van der Waals surface area contributed by atoms with E-state index in [0.29, 0.717) is 11.6 Å². The Morgan fingerprint density at radius 1 is 1.64 bits per heavy atom. The maximum absolute atomic E-state index is 5.76. The smallest absolute Gasteiger partial charge is 0.150 e. The van der Waals surface area contributed by atoms with Crippen molar-refractivity contribution in [3.63, 3.8) is 0 Å². The third-order valence-electron chi connectivity index (χ3n) is 1.80. The quantitative estimate of drug-likeness (QED) is 0.782. The van der Waals surface area contributed by atoms with E-state index in [1.54, 1.807) is 17.5 Å². The summed E-state index contributed by atoms with van der Waals surface area (Å²) in [7, 11) is 0. The molecule has 2 nitrogen and oxygen atoms in total. The van der Waals surface area contributed by atoms with E-state index in [1.807, 2.05) is 28.3 Å². The van der Waals surface area contributed by atoms with Gasteiger partial charge in [-0.25, -0.2) is 4.98 Å². The van der Waals surface area contributed by atoms with Gasteiger partial charge in [-0.2, -0.15) is 0 Å². The summed E-state index contributed by atoms with van der Waals surface area (Å²) in [6, 6.07) is 4.05. The van der Waals surface area contributed by atoms with Crippen molar-refractivity contribution < 1.29 is 0 Å². The lowest BCUT2D eigenvalue weighted by atomic mass is 10.4. The van der Waals surface area contributed by atoms with Gasteiger partial charge < -0.3 is 4.57 Å². The zero-order chi connectivity index (χ0) is 9.97. The molecule has 0 aromatic carbocycles. The maximum atomic E-state index is 5.76. The zero-order valence-corrected chi connectivity index (χ0v) is 9.05. The van der Waals surface area contributed by atoms with Crippen LogP contribution in [0.1, 0.15) is 0 Å². The Balaban J connectivity index is 2.35. The fourth-order valence-electron chi connectivity index (χ4n) is 1.25. The largest absolute Gasteiger partial charge is 0.325 e. The first-order chi connectivity index (χ1) is 6.77. The lowest BCUT2D eigenvalue weighted by Crippen LogP contribution is -1.97. The first-order valence-corrected chi connectivity index (χ1v) is 5.41. The molecule has 2 heterocycles. The summed E-state index contributed by atoms with van der Waals surface area (Å²) in [5.74, 6) is 0.946. The van der Waals surface area contributed by atoms with Crippen molar-refractivity contribution in [2.24, 2.45) is 0 Å². The number of hydrogen-bond acceptors (Lipinski definition) is 2. The topological polar surface area (TPSA) is 17.8 Å². The Kier molecular flexibility index (Phi) is 2.70. The highest BCUT2D eigenvalue weighted by atomic mass is 35.5. The number of rotatable bonds is 3. The van der Waals surface area contributed by atoms with E-state index in [1.165, 1.54) is 0 Å². The maximum Gasteiger partial charge on any atom is 0.150 e. The number of halogens is 1. The fraction of sp³-hybridized carbons (Fsp3) is 0.100. The summed E-state index contributed by atoms with van der Waals surface area (Å²) in [4.78, 5) is 5.43. The predicted octanol–water partition coefficient (Wildman–Crippen LogP) is 3.36. The van der Waals surface area contributed by atoms with Crippen molar-refractivity contribution >= 4 is 22.9 Å². The Morgan fingerprint density at radius 3 is 3.14 bits per heavy atom. The molecular weight excluding hydrogens is 216 g/mol. The molecule has 0 saturated heterocycles. The number of nitrogens with zero attached hydrogens (tertiary/aromatic N) is 2. The van der Waals surface area contributed by atoms with Crippen LogP contribution in [0, 0.1) is 0 Å². The van der Waals surface area contributed by atoms with Crippen LogP contribution in [-0.2, 0) is 6.54 Å². The van der Waals surface area contributed by atoms with E-state index in [-0.39, 0.29) is 0 Å². The molecule has 0 spiro atoms. The molecule has 0 amide bonds. The molecule has 0 radical (unpaired) electrons. The molecule has 0 bridgehead atoms. The van der Waals surface area contributed by atoms with Crippen molar-refractivity contribution in [2.75, 3.05) is 0 Å². The van der Waals surface area contributed by atoms with Crippen LogP contribution in [0.5, 0.6) is 0 Å². The Hall–Kier alpha value is -1.06. The highest BCUT2D eigenvalue weighted by Crippen LogP contribution is 2.23. The molecule has 2 aromatic rings. The summed E-state index contributed by atoms with van der Waals surface area (Å²) in [5.41, 5.74) is 0. The monoisotopic (exact) mass is 224 g/mol. The summed E-state index contributed by atoms with van der Waals surface area (Å²) in [6.45, 7) is 4.28. The normalized spacial score (nSPS) is 10.4. The van der Waals surface area contributed by atoms with Gasteiger partial charge in [-0.1, -0.05) is 24.2 Å². The van der Waals surface area contributed by atoms with Crippen LogP contribution < -0.4 is 0 Å². The molecule has 0 aliphatic rings. The van der Waals surface area contributed by atoms with E-state index in [9.17, 15) is 0 Å². The minimum absolute atomic E-state index is 0.606. The highest BCUT2D eigenvalue weighted by Gasteiger charge is 2.06. The summed E-state index contributed by atoms with van der Waals surface area (Å²) in [6.07, 6.45) is 3.68. The van der Waals surface area contributed by atoms with E-state index >= 15 is 0 Å². The Bertz CT molecular complexity index is 431. The molecule has 72 valence electrons. The predicted molar refractivity (Wildman–Crippen MR) is 60.5 cm³/mol. The lowest BCUT2D eigenvalue weighted by molar-refractivity contribution is 0.823. The van der Waals surface area contributed by atoms with Crippen molar-refractivity contribution in [2.45, 2.75) is 6.54 Å². The van der Waals surface area contributed by atoms with Crippen LogP contribution in [-0.4, -0.2) is 9.55 Å². The number of imidazole rings is 1. The number of hydrogen-bond donors (Lipinski definition) is 0. The molecule has 2 aromatic heterocycles. The van der Waals surface area contributed by atoms with Gasteiger partial charge >= 0.3 is 0 Å². The summed E-state index contributed by atoms with van der Waals surface area (Å²) >= 11 is 7.43. The number of thiophene rings is 1. The average molecular weight is 225 g/mol. The van der Waals surface area contributed by atoms with Gasteiger partial charge in [0.2, 0.25) is 0 Å². The standard InChI is InChI=1S/C10H9ClN2S/c1-8(11)7-13-5-4-12-10(13)9-3-2-6-14-9/h2-6H,1,7H2. The number of aromatic nitrogens is 2. The molecule has 0 aliphatic heterocycles. The van der Waals surface area contributed by atoms with Crippen LogP contribution in [0.15, 0.2) is 41.5 Å². The Morgan fingerprint density at radius 2 is 2.50 bits per heavy atom. The third-order valence-corrected chi connectivity index (χ3v) is 2.78. The van der Waals surface area contributed by atoms with Crippen LogP contribution >= 0.6 is 22.9 Å². The van der Waals surface area contributed by atoms with Gasteiger partial charge in [-0.15, -0.1) is 11.3 Å². The molecule has 0 fully saturated rings. The van der Waals surface area contributed by atoms with Crippen molar-refractivity contribution in [3.05, 3.63) is 41.5 Å². The van der Waals surface area contributed by atoms with Crippen LogP contribution in [0.25, 0.3) is 10.7 Å². The van der Waals surface area contributed by atoms with Gasteiger partial charge in [-0.3, -0.25) is 0 Å². The summed E-state index contributed by atoms with van der Waals surface area (Å²) < 4.78 is 1.99. The van der Waals surface area contributed by atoms with E-state index in [4.69, 9.17) is 11.6 Å². The molecule has 0 N–H and O–H groups in total. The average Bonchev–Trinajstić information content (AvgIpc) is 2.70. The van der Waals surface area contributed by atoms with Crippen molar-refractivity contribution in [1.82, 2.24) is 9.55 Å². The zero-order valence-electron chi connectivity index (χ0n) is 7.48. The second-order valence-electron chi connectivity index (χ2n) is 2.87. The van der Waals surface area contributed by atoms with Gasteiger partial charge in [0.05, 0.1) is 11.4 Å². The first-order valence-electron chi connectivity index (χ1n) is 4.15. The Labute approximate surface area is 91.5 Å². The van der Waals surface area contributed by atoms with E-state index in [2.05, 4.69) is 11.6 Å². The first kappa shape index (κ1) is 9.49. The minimum atomic E-state index is 0.606. The number of allylic oxidation sites excluding steroid dienone is 1. The third kappa shape index (κ3) is 1.89. The lowest BCUT2D eigenvalue weighted by Gasteiger charge is -2.03. The highest BCUT2D eigenvalue weighted by molar-refractivity contribution is 7.13. The van der Waals surface area contributed by atoms with Crippen LogP contribution in [0.3, 0.4) is 0 Å². The molecule has 0 saturated carbocycles. The molecule has 0 unspecified atom stereocenters. The van der Waals surface area contributed by atoms with Gasteiger partial charge in [0.15, 0.2) is 0 Å². The molecule has 4 heteroatoms. The minimum Gasteiger partial charge on any atom is -0.325 e. The SMILES string of the molecule is C=C(Cl)Cn1ccnc1-c1cccs1. The van der Waals surface area contributed by atoms with Gasteiger partial charge in [0, 0.05) is 17.4 Å². The van der Waals surface area contributed by atoms with E-state index in [0.717, 1.165) is 10.7 Å². The molecular formula is C10H9ClN2S. The second kappa shape index (κ2) is 3.98. The fourth-order valence-corrected chi connectivity index (χ4v) is 2.12. The molecule has 2 rings (SSSR count). The molecule has 0 aliphatic carbocycles. The summed E-state index contributed by atoms with van der Waals surface area (Å²) in [5, 5.41) is 2.64. The van der Waals surface area contributed by atoms with E-state index < -0.39 is 0 Å². The molecule has 14 heavy (non-hydrogen) atoms. The second-order valence-corrected chi connectivity index (χ2v) is 4.36. The van der Waals surface area contributed by atoms with Gasteiger partial charge in [0.25, 0.3) is 0 Å². The molecule has 0 atom stereocenters. The van der Waals surface area contributed by atoms with Crippen LogP contribution in [0.4, 0.5) is 0 Å². The van der Waals surface area contributed by atoms with Crippen molar-refractivity contribution in [1.29, 1.82) is 0 Å².